The molecule has 21 heavy (non-hydrogen) atoms. The smallest absolute Gasteiger partial charge is 0.142 e. The first-order valence-corrected chi connectivity index (χ1v) is 7.27. The molecule has 2 nitrogen and oxygen atoms in total. The normalized spacial score (nSPS) is 10.7. The molecule has 0 fully saturated rings. The Kier molecular flexibility index (Phi) is 5.20. The van der Waals surface area contributed by atoms with Crippen molar-refractivity contribution in [1.82, 2.24) is 0 Å². The molecular formula is C18H22FNO. The van der Waals surface area contributed by atoms with E-state index < -0.39 is 0 Å². The van der Waals surface area contributed by atoms with Gasteiger partial charge in [-0.1, -0.05) is 32.0 Å². The van der Waals surface area contributed by atoms with Crippen molar-refractivity contribution in [2.75, 3.05) is 11.9 Å². The van der Waals surface area contributed by atoms with Gasteiger partial charge in [0.05, 0.1) is 12.3 Å². The second kappa shape index (κ2) is 7.11. The van der Waals surface area contributed by atoms with Crippen molar-refractivity contribution in [3.05, 3.63) is 59.4 Å². The van der Waals surface area contributed by atoms with Crippen LogP contribution >= 0.6 is 0 Å². The second-order valence-electron chi connectivity index (χ2n) is 5.63. The fraction of sp³-hybridized carbons (Fsp3) is 0.333. The lowest BCUT2D eigenvalue weighted by Gasteiger charge is -2.15. The van der Waals surface area contributed by atoms with Crippen LogP contribution in [0.15, 0.2) is 42.5 Å². The molecule has 0 radical (unpaired) electrons. The Morgan fingerprint density at radius 1 is 1.14 bits per heavy atom. The summed E-state index contributed by atoms with van der Waals surface area (Å²) in [7, 11) is 0. The summed E-state index contributed by atoms with van der Waals surface area (Å²) in [6, 6.07) is 12.8. The van der Waals surface area contributed by atoms with Crippen molar-refractivity contribution >= 4 is 5.69 Å². The first-order chi connectivity index (χ1) is 10.1. The van der Waals surface area contributed by atoms with Gasteiger partial charge in [0.1, 0.15) is 11.6 Å². The lowest BCUT2D eigenvalue weighted by Crippen LogP contribution is -2.08. The van der Waals surface area contributed by atoms with Crippen LogP contribution < -0.4 is 10.1 Å². The number of aryl methyl sites for hydroxylation is 1. The average Bonchev–Trinajstić information content (AvgIpc) is 2.45. The first kappa shape index (κ1) is 15.4. The van der Waals surface area contributed by atoms with Crippen molar-refractivity contribution in [2.24, 2.45) is 5.92 Å². The molecule has 0 aromatic heterocycles. The summed E-state index contributed by atoms with van der Waals surface area (Å²) in [5.74, 6) is 1.14. The largest absolute Gasteiger partial charge is 0.491 e. The number of halogens is 1. The molecule has 0 saturated carbocycles. The Morgan fingerprint density at radius 3 is 2.62 bits per heavy atom. The van der Waals surface area contributed by atoms with Crippen molar-refractivity contribution in [1.29, 1.82) is 0 Å². The summed E-state index contributed by atoms with van der Waals surface area (Å²) in [5, 5.41) is 3.37. The Hall–Kier alpha value is -2.03. The highest BCUT2D eigenvalue weighted by atomic mass is 19.1. The molecule has 0 aliphatic carbocycles. The Bertz CT molecular complexity index is 596. The fourth-order valence-corrected chi connectivity index (χ4v) is 2.04. The van der Waals surface area contributed by atoms with E-state index in [1.54, 1.807) is 6.07 Å². The van der Waals surface area contributed by atoms with Gasteiger partial charge >= 0.3 is 0 Å². The average molecular weight is 287 g/mol. The topological polar surface area (TPSA) is 21.3 Å². The fourth-order valence-electron chi connectivity index (χ4n) is 2.04. The summed E-state index contributed by atoms with van der Waals surface area (Å²) in [6.07, 6.45) is 0. The monoisotopic (exact) mass is 287 g/mol. The minimum Gasteiger partial charge on any atom is -0.491 e. The predicted octanol–water partition coefficient (Wildman–Crippen LogP) is 4.78. The molecule has 2 rings (SSSR count). The predicted molar refractivity (Wildman–Crippen MR) is 85.2 cm³/mol. The Balaban J connectivity index is 2.05. The van der Waals surface area contributed by atoms with E-state index >= 15 is 0 Å². The molecule has 0 aliphatic heterocycles. The number of hydrogen-bond donors (Lipinski definition) is 1. The zero-order valence-electron chi connectivity index (χ0n) is 12.8. The number of hydrogen-bond acceptors (Lipinski definition) is 2. The van der Waals surface area contributed by atoms with Gasteiger partial charge < -0.3 is 10.1 Å². The first-order valence-electron chi connectivity index (χ1n) is 7.27. The molecule has 0 unspecified atom stereocenters. The number of nitrogens with one attached hydrogen (secondary N) is 1. The maximum Gasteiger partial charge on any atom is 0.142 e. The summed E-state index contributed by atoms with van der Waals surface area (Å²) < 4.78 is 18.9. The highest BCUT2D eigenvalue weighted by Gasteiger charge is 2.05. The number of rotatable bonds is 6. The van der Waals surface area contributed by atoms with Crippen LogP contribution in [0.1, 0.15) is 25.0 Å². The molecule has 0 aliphatic rings. The van der Waals surface area contributed by atoms with Crippen molar-refractivity contribution in [2.45, 2.75) is 27.3 Å². The van der Waals surface area contributed by atoms with Gasteiger partial charge in [-0.05, 0) is 48.2 Å². The van der Waals surface area contributed by atoms with Gasteiger partial charge in [-0.3, -0.25) is 0 Å². The van der Waals surface area contributed by atoms with E-state index in [9.17, 15) is 4.39 Å². The van der Waals surface area contributed by atoms with Crippen molar-refractivity contribution < 1.29 is 9.13 Å². The quantitative estimate of drug-likeness (QED) is 0.825. The van der Waals surface area contributed by atoms with Crippen LogP contribution in [-0.2, 0) is 6.54 Å². The molecule has 0 saturated heterocycles. The molecule has 2 aromatic carbocycles. The van der Waals surface area contributed by atoms with E-state index in [1.807, 2.05) is 37.3 Å². The molecule has 0 heterocycles. The van der Waals surface area contributed by atoms with E-state index in [-0.39, 0.29) is 5.82 Å². The summed E-state index contributed by atoms with van der Waals surface area (Å²) in [4.78, 5) is 0. The van der Waals surface area contributed by atoms with E-state index in [0.29, 0.717) is 19.1 Å². The van der Waals surface area contributed by atoms with Crippen LogP contribution in [0, 0.1) is 18.7 Å². The third-order valence-electron chi connectivity index (χ3n) is 3.23. The number of ether oxygens (including phenoxy) is 1. The molecule has 0 bridgehead atoms. The lowest BCUT2D eigenvalue weighted by molar-refractivity contribution is 0.272. The maximum absolute atomic E-state index is 13.1. The van der Waals surface area contributed by atoms with Gasteiger partial charge in [-0.2, -0.15) is 0 Å². The number of benzene rings is 2. The van der Waals surface area contributed by atoms with Crippen LogP contribution in [0.2, 0.25) is 0 Å². The van der Waals surface area contributed by atoms with Gasteiger partial charge in [-0.25, -0.2) is 4.39 Å². The van der Waals surface area contributed by atoms with E-state index in [1.165, 1.54) is 6.07 Å². The molecule has 0 spiro atoms. The Labute approximate surface area is 126 Å². The second-order valence-corrected chi connectivity index (χ2v) is 5.63. The summed E-state index contributed by atoms with van der Waals surface area (Å²) in [5.41, 5.74) is 2.99. The van der Waals surface area contributed by atoms with Gasteiger partial charge in [0.25, 0.3) is 0 Å². The molecule has 112 valence electrons. The van der Waals surface area contributed by atoms with E-state index in [0.717, 1.165) is 22.6 Å². The number of anilines is 1. The van der Waals surface area contributed by atoms with E-state index in [4.69, 9.17) is 4.74 Å². The molecule has 0 amide bonds. The highest BCUT2D eigenvalue weighted by Crippen LogP contribution is 2.25. The van der Waals surface area contributed by atoms with Crippen LogP contribution in [-0.4, -0.2) is 6.61 Å². The number of para-hydroxylation sites is 2. The zero-order chi connectivity index (χ0) is 15.2. The maximum atomic E-state index is 13.1. The lowest BCUT2D eigenvalue weighted by atomic mass is 10.1. The molecule has 1 N–H and O–H groups in total. The van der Waals surface area contributed by atoms with Gasteiger partial charge in [0.2, 0.25) is 0 Å². The minimum absolute atomic E-state index is 0.197. The molecule has 3 heteroatoms. The molecule has 0 atom stereocenters. The van der Waals surface area contributed by atoms with Crippen LogP contribution in [0.25, 0.3) is 0 Å². The zero-order valence-corrected chi connectivity index (χ0v) is 12.8. The summed E-state index contributed by atoms with van der Waals surface area (Å²) >= 11 is 0. The SMILES string of the molecule is Cc1cc(F)ccc1CNc1ccccc1OCC(C)C. The van der Waals surface area contributed by atoms with Crippen molar-refractivity contribution in [3.63, 3.8) is 0 Å². The van der Waals surface area contributed by atoms with Crippen LogP contribution in [0.4, 0.5) is 10.1 Å². The van der Waals surface area contributed by atoms with Crippen molar-refractivity contribution in [3.8, 4) is 5.75 Å². The van der Waals surface area contributed by atoms with E-state index in [2.05, 4.69) is 19.2 Å². The third kappa shape index (κ3) is 4.48. The standard InChI is InChI=1S/C18H22FNO/c1-13(2)12-21-18-7-5-4-6-17(18)20-11-15-8-9-16(19)10-14(15)3/h4-10,13,20H,11-12H2,1-3H3. The highest BCUT2D eigenvalue weighted by molar-refractivity contribution is 5.56. The minimum atomic E-state index is -0.197. The molecular weight excluding hydrogens is 265 g/mol. The summed E-state index contributed by atoms with van der Waals surface area (Å²) in [6.45, 7) is 7.50. The Morgan fingerprint density at radius 2 is 1.90 bits per heavy atom. The van der Waals surface area contributed by atoms with Gasteiger partial charge in [0, 0.05) is 6.54 Å². The molecule has 2 aromatic rings. The third-order valence-corrected chi connectivity index (χ3v) is 3.23. The van der Waals surface area contributed by atoms with Gasteiger partial charge in [-0.15, -0.1) is 0 Å². The van der Waals surface area contributed by atoms with Crippen LogP contribution in [0.5, 0.6) is 5.75 Å². The van der Waals surface area contributed by atoms with Crippen LogP contribution in [0.3, 0.4) is 0 Å². The van der Waals surface area contributed by atoms with Gasteiger partial charge in [0.15, 0.2) is 0 Å².